The molecule has 0 N–H and O–H groups in total. The molecule has 1 aromatic heterocycles. The number of carbonyl (C=O) groups excluding carboxylic acids is 1. The Kier molecular flexibility index (Phi) is 6.66. The summed E-state index contributed by atoms with van der Waals surface area (Å²) in [5.41, 5.74) is 3.18. The monoisotopic (exact) mass is 641 g/mol. The molecule has 2 aliphatic heterocycles. The molecule has 7 heteroatoms. The van der Waals surface area contributed by atoms with Crippen LogP contribution in [0.3, 0.4) is 0 Å². The van der Waals surface area contributed by atoms with Gasteiger partial charge in [-0.1, -0.05) is 121 Å². The predicted molar refractivity (Wildman–Crippen MR) is 194 cm³/mol. The number of hydrogen-bond donors (Lipinski definition) is 0. The molecule has 0 unspecified atom stereocenters. The Morgan fingerprint density at radius 1 is 0.653 bits per heavy atom. The third-order valence-corrected chi connectivity index (χ3v) is 10.7. The molecule has 3 heterocycles. The number of rotatable bonds is 5. The van der Waals surface area contributed by atoms with E-state index >= 15 is 4.79 Å². The highest BCUT2D eigenvalue weighted by Gasteiger charge is 2.77. The number of carbonyl (C=O) groups is 1. The Bertz CT molecular complexity index is 2290. The van der Waals surface area contributed by atoms with Crippen LogP contribution >= 0.6 is 0 Å². The summed E-state index contributed by atoms with van der Waals surface area (Å²) in [5.74, 6) is 0.278. The van der Waals surface area contributed by atoms with Gasteiger partial charge in [0.05, 0.1) is 28.2 Å². The Balaban J connectivity index is 1.30. The van der Waals surface area contributed by atoms with Gasteiger partial charge < -0.3 is 0 Å². The Hall–Kier alpha value is -5.82. The number of benzene rings is 5. The first-order valence-electron chi connectivity index (χ1n) is 17.0. The number of nitrogens with zero attached hydrogens (tertiary/aromatic N) is 5. The number of para-hydroxylation sites is 2. The van der Waals surface area contributed by atoms with Crippen molar-refractivity contribution in [1.29, 1.82) is 0 Å². The molecular weight excluding hydrogens is 606 g/mol. The van der Waals surface area contributed by atoms with Crippen molar-refractivity contribution >= 4 is 28.1 Å². The van der Waals surface area contributed by atoms with Crippen LogP contribution in [0.1, 0.15) is 53.7 Å². The topological polar surface area (TPSA) is 70.6 Å². The zero-order valence-electron chi connectivity index (χ0n) is 27.2. The van der Waals surface area contributed by atoms with Crippen LogP contribution in [-0.2, 0) is 4.79 Å². The van der Waals surface area contributed by atoms with Crippen molar-refractivity contribution in [2.75, 3.05) is 10.0 Å². The number of aromatic nitrogens is 2. The van der Waals surface area contributed by atoms with Crippen molar-refractivity contribution in [3.05, 3.63) is 178 Å². The third-order valence-electron chi connectivity index (χ3n) is 10.7. The summed E-state index contributed by atoms with van der Waals surface area (Å²) < 4.78 is 1.68. The van der Waals surface area contributed by atoms with Gasteiger partial charge in [-0.15, -0.1) is 0 Å². The molecule has 240 valence electrons. The number of hydrazone groups is 1. The Morgan fingerprint density at radius 2 is 1.22 bits per heavy atom. The average Bonchev–Trinajstić information content (AvgIpc) is 3.66. The summed E-state index contributed by atoms with van der Waals surface area (Å²) in [6, 6.07) is 47.9. The number of ketones is 1. The van der Waals surface area contributed by atoms with Gasteiger partial charge in [-0.3, -0.25) is 19.6 Å². The van der Waals surface area contributed by atoms with Gasteiger partial charge in [0.1, 0.15) is 22.9 Å². The van der Waals surface area contributed by atoms with E-state index < -0.39 is 11.1 Å². The lowest BCUT2D eigenvalue weighted by Crippen LogP contribution is -2.63. The zero-order chi connectivity index (χ0) is 33.2. The van der Waals surface area contributed by atoms with E-state index in [9.17, 15) is 4.79 Å². The van der Waals surface area contributed by atoms with E-state index in [2.05, 4.69) is 36.4 Å². The minimum atomic E-state index is -1.06. The highest BCUT2D eigenvalue weighted by atomic mass is 16.2. The maximum atomic E-state index is 16.2. The van der Waals surface area contributed by atoms with Crippen LogP contribution in [0.2, 0.25) is 0 Å². The molecule has 1 saturated carbocycles. The van der Waals surface area contributed by atoms with Crippen molar-refractivity contribution < 1.29 is 4.79 Å². The molecule has 1 aliphatic carbocycles. The van der Waals surface area contributed by atoms with Crippen molar-refractivity contribution in [3.63, 3.8) is 0 Å². The Labute approximate surface area is 284 Å². The number of fused-ring (bicyclic) bond motifs is 1. The van der Waals surface area contributed by atoms with Crippen LogP contribution in [0, 0.1) is 6.92 Å². The molecule has 5 aromatic carbocycles. The van der Waals surface area contributed by atoms with Gasteiger partial charge in [-0.25, -0.2) is 9.66 Å². The molecule has 6 aromatic rings. The first-order valence-corrected chi connectivity index (χ1v) is 17.0. The molecule has 0 radical (unpaired) electrons. The highest BCUT2D eigenvalue weighted by Crippen LogP contribution is 2.63. The summed E-state index contributed by atoms with van der Waals surface area (Å²) in [6.07, 6.45) is 1.99. The van der Waals surface area contributed by atoms with E-state index in [1.54, 1.807) is 4.68 Å². The second-order valence-electron chi connectivity index (χ2n) is 13.3. The van der Waals surface area contributed by atoms with Crippen LogP contribution in [0.15, 0.2) is 155 Å². The van der Waals surface area contributed by atoms with Crippen LogP contribution in [0.25, 0.3) is 10.9 Å². The smallest absolute Gasteiger partial charge is 0.280 e. The molecule has 7 nitrogen and oxygen atoms in total. The zero-order valence-corrected chi connectivity index (χ0v) is 27.2. The minimum Gasteiger partial charge on any atom is -0.294 e. The highest BCUT2D eigenvalue weighted by molar-refractivity contribution is 6.18. The molecule has 1 saturated heterocycles. The van der Waals surface area contributed by atoms with E-state index in [1.165, 1.54) is 0 Å². The van der Waals surface area contributed by atoms with Crippen molar-refractivity contribution in [1.82, 2.24) is 9.66 Å². The largest absolute Gasteiger partial charge is 0.294 e. The molecule has 2 spiro atoms. The summed E-state index contributed by atoms with van der Waals surface area (Å²) in [7, 11) is 0. The fourth-order valence-electron chi connectivity index (χ4n) is 8.71. The average molecular weight is 642 g/mol. The number of anilines is 1. The van der Waals surface area contributed by atoms with E-state index in [0.29, 0.717) is 29.6 Å². The lowest BCUT2D eigenvalue weighted by molar-refractivity contribution is -0.129. The fraction of sp³-hybridized carbons (Fsp3) is 0.190. The van der Waals surface area contributed by atoms with Gasteiger partial charge in [0, 0.05) is 0 Å². The van der Waals surface area contributed by atoms with Gasteiger partial charge in [0.2, 0.25) is 0 Å². The maximum Gasteiger partial charge on any atom is 0.280 e. The predicted octanol–water partition coefficient (Wildman–Crippen LogP) is 7.34. The molecular formula is C42H35N5O2. The quantitative estimate of drug-likeness (QED) is 0.184. The van der Waals surface area contributed by atoms with Gasteiger partial charge in [-0.2, -0.15) is 5.10 Å². The maximum absolute atomic E-state index is 16.2. The minimum absolute atomic E-state index is 0.0759. The van der Waals surface area contributed by atoms with Crippen LogP contribution in [0.5, 0.6) is 0 Å². The fourth-order valence-corrected chi connectivity index (χ4v) is 8.71. The lowest BCUT2D eigenvalue weighted by atomic mass is 9.62. The standard InChI is InChI=1S/C42H35N5O2/c1-29-43-35-26-15-14-25-34(35)39(48)45(29)47-38(32-21-10-4-11-22-32)42(47)28-16-27-41(40(42)49)36(30-17-6-2-7-18-30)37(31-19-8-3-9-20-31)44-46(41)33-23-12-5-13-24-33/h2-15,17-26,36,38H,16,27-28H2,1H3/t36-,38+,41-,42-,47?/m1/s1. The summed E-state index contributed by atoms with van der Waals surface area (Å²) in [4.78, 5) is 35.5. The third kappa shape index (κ3) is 4.21. The van der Waals surface area contributed by atoms with E-state index in [-0.39, 0.29) is 23.3 Å². The lowest BCUT2D eigenvalue weighted by Gasteiger charge is -2.46. The molecule has 0 bridgehead atoms. The molecule has 3 aliphatic rings. The molecule has 9 rings (SSSR count). The molecule has 4 atom stereocenters. The summed E-state index contributed by atoms with van der Waals surface area (Å²) in [6.45, 7) is 1.86. The summed E-state index contributed by atoms with van der Waals surface area (Å²) in [5, 5.41) is 9.99. The van der Waals surface area contributed by atoms with Crippen molar-refractivity contribution in [2.24, 2.45) is 5.10 Å². The first kappa shape index (κ1) is 29.3. The second kappa shape index (κ2) is 11.1. The van der Waals surface area contributed by atoms with Crippen LogP contribution < -0.4 is 15.6 Å². The number of Topliss-reactive ketones (excluding diaryl/α,β-unsaturated/α-hetero) is 1. The van der Waals surface area contributed by atoms with E-state index in [4.69, 9.17) is 10.1 Å². The van der Waals surface area contributed by atoms with Crippen molar-refractivity contribution in [2.45, 2.75) is 49.2 Å². The number of aryl methyl sites for hydroxylation is 1. The Morgan fingerprint density at radius 3 is 1.92 bits per heavy atom. The van der Waals surface area contributed by atoms with E-state index in [1.807, 2.05) is 126 Å². The first-order chi connectivity index (χ1) is 24.1. The van der Waals surface area contributed by atoms with Gasteiger partial charge >= 0.3 is 0 Å². The molecule has 0 amide bonds. The van der Waals surface area contributed by atoms with Crippen LogP contribution in [0.4, 0.5) is 5.69 Å². The second-order valence-corrected chi connectivity index (χ2v) is 13.3. The van der Waals surface area contributed by atoms with Crippen LogP contribution in [-0.4, -0.2) is 32.2 Å². The van der Waals surface area contributed by atoms with Gasteiger partial charge in [-0.05, 0) is 67.1 Å². The van der Waals surface area contributed by atoms with E-state index in [0.717, 1.165) is 34.5 Å². The van der Waals surface area contributed by atoms with Gasteiger partial charge in [0.15, 0.2) is 5.78 Å². The normalized spacial score (nSPS) is 24.5. The van der Waals surface area contributed by atoms with Gasteiger partial charge in [0.25, 0.3) is 5.56 Å². The molecule has 2 fully saturated rings. The molecule has 49 heavy (non-hydrogen) atoms. The number of hydrogen-bond acceptors (Lipinski definition) is 6. The summed E-state index contributed by atoms with van der Waals surface area (Å²) >= 11 is 0. The van der Waals surface area contributed by atoms with Crippen molar-refractivity contribution in [3.8, 4) is 0 Å². The SMILES string of the molecule is Cc1nc2ccccc2c(=O)n1N1[C@@H](c2ccccc2)[C@@]12CCC[C@]1(C2=O)[C@H](c2ccccc2)C(c2ccccc2)=NN1c1ccccc1.